The minimum atomic E-state index is -4.82. The highest BCUT2D eigenvalue weighted by atomic mass is 35.5. The van der Waals surface area contributed by atoms with Crippen LogP contribution in [0.5, 0.6) is 0 Å². The van der Waals surface area contributed by atoms with Gasteiger partial charge in [-0.15, -0.1) is 0 Å². The smallest absolute Gasteiger partial charge is 0.351 e. The third-order valence-electron chi connectivity index (χ3n) is 5.04. The molecule has 4 aromatic heterocycles. The van der Waals surface area contributed by atoms with Gasteiger partial charge in [0.05, 0.1) is 22.4 Å². The molecule has 35 heavy (non-hydrogen) atoms. The Bertz CT molecular complexity index is 1430. The normalized spacial score (nSPS) is 11.6. The molecule has 2 N–H and O–H groups in total. The lowest BCUT2D eigenvalue weighted by Gasteiger charge is -2.16. The fourth-order valence-corrected chi connectivity index (χ4v) is 3.64. The van der Waals surface area contributed by atoms with Crippen molar-refractivity contribution < 1.29 is 22.8 Å². The minimum Gasteiger partial charge on any atom is -0.351 e. The molecule has 0 aliphatic heterocycles. The molecule has 4 rings (SSSR count). The highest BCUT2D eigenvalue weighted by Crippen LogP contribution is 2.31. The lowest BCUT2D eigenvalue weighted by Crippen LogP contribution is -2.29. The van der Waals surface area contributed by atoms with Gasteiger partial charge in [0.25, 0.3) is 11.8 Å². The number of rotatable bonds is 6. The van der Waals surface area contributed by atoms with E-state index in [1.165, 1.54) is 29.0 Å². The molecule has 13 heteroatoms. The maximum Gasteiger partial charge on any atom is 0.435 e. The van der Waals surface area contributed by atoms with Crippen molar-refractivity contribution in [3.63, 3.8) is 0 Å². The summed E-state index contributed by atoms with van der Waals surface area (Å²) in [4.78, 5) is 30.2. The topological polar surface area (TPSA) is 106 Å². The second kappa shape index (κ2) is 9.37. The summed E-state index contributed by atoms with van der Waals surface area (Å²) >= 11 is 6.11. The summed E-state index contributed by atoms with van der Waals surface area (Å²) in [7, 11) is 0. The number of nitrogens with one attached hydrogen (secondary N) is 2. The number of pyridine rings is 2. The van der Waals surface area contributed by atoms with Crippen LogP contribution in [0.2, 0.25) is 5.02 Å². The third-order valence-corrected chi connectivity index (χ3v) is 5.34. The summed E-state index contributed by atoms with van der Waals surface area (Å²) < 4.78 is 42.4. The van der Waals surface area contributed by atoms with Crippen molar-refractivity contribution in [1.82, 2.24) is 29.7 Å². The third kappa shape index (κ3) is 4.69. The van der Waals surface area contributed by atoms with Crippen molar-refractivity contribution in [3.8, 4) is 5.82 Å². The van der Waals surface area contributed by atoms with Gasteiger partial charge in [0.1, 0.15) is 5.69 Å². The van der Waals surface area contributed by atoms with Crippen LogP contribution in [0, 0.1) is 6.92 Å². The summed E-state index contributed by atoms with van der Waals surface area (Å²) in [5, 5.41) is 13.0. The second-order valence-electron chi connectivity index (χ2n) is 7.56. The summed E-state index contributed by atoms with van der Waals surface area (Å²) in [5.41, 5.74) is -0.543. The molecule has 0 bridgehead atoms. The van der Waals surface area contributed by atoms with Gasteiger partial charge in [-0.25, -0.2) is 14.2 Å². The van der Waals surface area contributed by atoms with Crippen LogP contribution in [-0.4, -0.2) is 42.7 Å². The number of alkyl halides is 3. The molecule has 0 saturated heterocycles. The van der Waals surface area contributed by atoms with Crippen LogP contribution in [-0.2, 0) is 6.18 Å². The maximum atomic E-state index is 13.5. The molecule has 9 nitrogen and oxygen atoms in total. The van der Waals surface area contributed by atoms with Gasteiger partial charge in [-0.3, -0.25) is 9.59 Å². The van der Waals surface area contributed by atoms with E-state index in [0.29, 0.717) is 30.1 Å². The quantitative estimate of drug-likeness (QED) is 0.406. The van der Waals surface area contributed by atoms with Crippen LogP contribution in [0.25, 0.3) is 11.3 Å². The molecule has 0 atom stereocenters. The van der Waals surface area contributed by atoms with E-state index in [4.69, 9.17) is 11.6 Å². The molecule has 0 aliphatic carbocycles. The van der Waals surface area contributed by atoms with Crippen molar-refractivity contribution in [3.05, 3.63) is 70.4 Å². The van der Waals surface area contributed by atoms with E-state index in [1.54, 1.807) is 19.1 Å². The van der Waals surface area contributed by atoms with Gasteiger partial charge in [-0.05, 0) is 43.2 Å². The van der Waals surface area contributed by atoms with Gasteiger partial charge in [0.2, 0.25) is 0 Å². The number of carbonyl (C=O) groups excluding carboxylic acids is 2. The lowest BCUT2D eigenvalue weighted by molar-refractivity contribution is -0.141. The van der Waals surface area contributed by atoms with E-state index >= 15 is 0 Å². The zero-order chi connectivity index (χ0) is 25.3. The summed E-state index contributed by atoms with van der Waals surface area (Å²) in [6, 6.07) is 6.87. The number of aryl methyl sites for hydroxylation is 1. The monoisotopic (exact) mass is 505 g/mol. The number of nitrogens with zero attached hydrogens (tertiary/aromatic N) is 5. The molecule has 0 radical (unpaired) electrons. The van der Waals surface area contributed by atoms with E-state index in [9.17, 15) is 22.8 Å². The Hall–Kier alpha value is -3.93. The zero-order valence-electron chi connectivity index (χ0n) is 18.5. The van der Waals surface area contributed by atoms with E-state index in [-0.39, 0.29) is 22.2 Å². The largest absolute Gasteiger partial charge is 0.435 e. The molecular formula is C22H19ClF3N7O2. The number of halogens is 4. The predicted octanol–water partition coefficient (Wildman–Crippen LogP) is 4.29. The molecule has 4 heterocycles. The first-order valence-corrected chi connectivity index (χ1v) is 10.8. The zero-order valence-corrected chi connectivity index (χ0v) is 19.3. The van der Waals surface area contributed by atoms with Gasteiger partial charge in [-0.1, -0.05) is 18.5 Å². The fraction of sp³-hybridized carbons (Fsp3) is 0.227. The van der Waals surface area contributed by atoms with Crippen LogP contribution in [0.15, 0.2) is 42.7 Å². The summed E-state index contributed by atoms with van der Waals surface area (Å²) in [6.07, 6.45) is -1.35. The van der Waals surface area contributed by atoms with Gasteiger partial charge in [0, 0.05) is 18.8 Å². The fourth-order valence-electron chi connectivity index (χ4n) is 3.44. The predicted molar refractivity (Wildman–Crippen MR) is 122 cm³/mol. The van der Waals surface area contributed by atoms with Crippen LogP contribution in [0.4, 0.5) is 18.9 Å². The molecule has 0 aliphatic rings. The number of fused-ring (bicyclic) bond motifs is 1. The molecule has 0 unspecified atom stereocenters. The molecule has 0 saturated carbocycles. The first kappa shape index (κ1) is 24.2. The van der Waals surface area contributed by atoms with Crippen molar-refractivity contribution in [2.24, 2.45) is 0 Å². The van der Waals surface area contributed by atoms with Crippen molar-refractivity contribution in [2.45, 2.75) is 26.4 Å². The van der Waals surface area contributed by atoms with E-state index < -0.39 is 29.4 Å². The molecule has 2 amide bonds. The average Bonchev–Trinajstić information content (AvgIpc) is 3.45. The minimum absolute atomic E-state index is 0.00727. The average molecular weight is 506 g/mol. The Morgan fingerprint density at radius 3 is 2.60 bits per heavy atom. The van der Waals surface area contributed by atoms with Gasteiger partial charge < -0.3 is 10.6 Å². The van der Waals surface area contributed by atoms with Gasteiger partial charge >= 0.3 is 6.18 Å². The Morgan fingerprint density at radius 1 is 1.14 bits per heavy atom. The van der Waals surface area contributed by atoms with Crippen molar-refractivity contribution in [2.75, 3.05) is 11.9 Å². The summed E-state index contributed by atoms with van der Waals surface area (Å²) in [5.74, 6) is -1.61. The Kier molecular flexibility index (Phi) is 6.48. The Morgan fingerprint density at radius 2 is 1.91 bits per heavy atom. The number of amides is 2. The number of hydrogen-bond donors (Lipinski definition) is 2. The molecule has 4 aromatic rings. The van der Waals surface area contributed by atoms with Crippen LogP contribution in [0.1, 0.15) is 45.6 Å². The number of aromatic nitrogens is 5. The van der Waals surface area contributed by atoms with E-state index in [2.05, 4.69) is 25.8 Å². The molecule has 0 fully saturated rings. The number of anilines is 1. The molecule has 182 valence electrons. The van der Waals surface area contributed by atoms with Gasteiger partial charge in [0.15, 0.2) is 17.2 Å². The van der Waals surface area contributed by atoms with Gasteiger partial charge in [-0.2, -0.15) is 23.4 Å². The standard InChI is InChI=1S/C22H19ClF3N7O2/c1-3-7-28-21(35)18-17(12(2)10-13-6-9-29-32(13)18)30-20(34)15-11-16(22(24,25)26)31-33(15)19-14(23)5-4-8-27-19/h4-6,8-11H,3,7H2,1-2H3,(H,28,35)(H,30,34). The van der Waals surface area contributed by atoms with E-state index in [0.717, 1.165) is 4.68 Å². The number of hydrogen-bond acceptors (Lipinski definition) is 5. The molecular weight excluding hydrogens is 487 g/mol. The SMILES string of the molecule is CCCNC(=O)c1c(NC(=O)c2cc(C(F)(F)F)nn2-c2ncccc2Cl)c(C)cc2ccnn12. The lowest BCUT2D eigenvalue weighted by atomic mass is 10.1. The molecule has 0 spiro atoms. The summed E-state index contributed by atoms with van der Waals surface area (Å²) in [6.45, 7) is 3.92. The van der Waals surface area contributed by atoms with Crippen LogP contribution in [0.3, 0.4) is 0 Å². The Balaban J connectivity index is 1.83. The second-order valence-corrected chi connectivity index (χ2v) is 7.97. The van der Waals surface area contributed by atoms with E-state index in [1.807, 2.05) is 6.92 Å². The first-order valence-electron chi connectivity index (χ1n) is 10.5. The number of carbonyl (C=O) groups is 2. The first-order chi connectivity index (χ1) is 16.6. The highest BCUT2D eigenvalue weighted by Gasteiger charge is 2.37. The van der Waals surface area contributed by atoms with Crippen LogP contribution < -0.4 is 10.6 Å². The highest BCUT2D eigenvalue weighted by molar-refractivity contribution is 6.32. The maximum absolute atomic E-state index is 13.5. The Labute approximate surface area is 201 Å². The van der Waals surface area contributed by atoms with Crippen molar-refractivity contribution >= 4 is 34.6 Å². The van der Waals surface area contributed by atoms with Crippen LogP contribution >= 0.6 is 11.6 Å². The van der Waals surface area contributed by atoms with Crippen molar-refractivity contribution in [1.29, 1.82) is 0 Å². The molecule has 0 aromatic carbocycles.